The fourth-order valence-corrected chi connectivity index (χ4v) is 2.63. The first-order valence-electron chi connectivity index (χ1n) is 6.45. The van der Waals surface area contributed by atoms with Crippen molar-refractivity contribution in [2.24, 2.45) is 5.92 Å². The topological polar surface area (TPSA) is 21.3 Å². The molecule has 1 aliphatic rings. The lowest BCUT2D eigenvalue weighted by atomic mass is 9.98. The van der Waals surface area contributed by atoms with Crippen LogP contribution in [0, 0.1) is 12.8 Å². The van der Waals surface area contributed by atoms with Crippen LogP contribution in [-0.4, -0.2) is 19.2 Å². The van der Waals surface area contributed by atoms with Crippen LogP contribution >= 0.6 is 11.6 Å². The SMILES string of the molecule is C=CC[C@@H](Oc1ccc(Cl)cc1C)[C@H]1CCNC1. The lowest BCUT2D eigenvalue weighted by molar-refractivity contribution is 0.144. The number of halogens is 1. The van der Waals surface area contributed by atoms with E-state index in [2.05, 4.69) is 11.9 Å². The second kappa shape index (κ2) is 6.26. The van der Waals surface area contributed by atoms with Crippen LogP contribution in [0.1, 0.15) is 18.4 Å². The van der Waals surface area contributed by atoms with Gasteiger partial charge in [-0.1, -0.05) is 17.7 Å². The number of ether oxygens (including phenoxy) is 1. The zero-order valence-corrected chi connectivity index (χ0v) is 11.5. The van der Waals surface area contributed by atoms with Gasteiger partial charge in [0, 0.05) is 23.9 Å². The Hall–Kier alpha value is -0.990. The maximum atomic E-state index is 6.15. The van der Waals surface area contributed by atoms with Gasteiger partial charge in [0.15, 0.2) is 0 Å². The van der Waals surface area contributed by atoms with Crippen LogP contribution in [0.4, 0.5) is 0 Å². The lowest BCUT2D eigenvalue weighted by Crippen LogP contribution is -2.28. The Balaban J connectivity index is 2.09. The molecule has 1 saturated heterocycles. The zero-order chi connectivity index (χ0) is 13.0. The molecule has 3 heteroatoms. The Morgan fingerprint density at radius 1 is 1.61 bits per heavy atom. The summed E-state index contributed by atoms with van der Waals surface area (Å²) < 4.78 is 6.15. The predicted molar refractivity (Wildman–Crippen MR) is 76.4 cm³/mol. The van der Waals surface area contributed by atoms with Crippen LogP contribution < -0.4 is 10.1 Å². The molecule has 1 heterocycles. The van der Waals surface area contributed by atoms with E-state index >= 15 is 0 Å². The minimum absolute atomic E-state index is 0.206. The average molecular weight is 266 g/mol. The summed E-state index contributed by atoms with van der Waals surface area (Å²) >= 11 is 5.96. The van der Waals surface area contributed by atoms with Crippen LogP contribution in [0.3, 0.4) is 0 Å². The molecule has 0 spiro atoms. The van der Waals surface area contributed by atoms with E-state index in [1.807, 2.05) is 31.2 Å². The van der Waals surface area contributed by atoms with Crippen LogP contribution in [0.5, 0.6) is 5.75 Å². The van der Waals surface area contributed by atoms with Gasteiger partial charge in [-0.15, -0.1) is 6.58 Å². The van der Waals surface area contributed by atoms with Gasteiger partial charge in [-0.05, 0) is 43.7 Å². The summed E-state index contributed by atoms with van der Waals surface area (Å²) in [4.78, 5) is 0. The highest BCUT2D eigenvalue weighted by molar-refractivity contribution is 6.30. The average Bonchev–Trinajstić information content (AvgIpc) is 2.85. The summed E-state index contributed by atoms with van der Waals surface area (Å²) in [7, 11) is 0. The molecule has 18 heavy (non-hydrogen) atoms. The predicted octanol–water partition coefficient (Wildman–Crippen LogP) is 3.58. The van der Waals surface area contributed by atoms with E-state index in [-0.39, 0.29) is 6.10 Å². The molecule has 0 amide bonds. The van der Waals surface area contributed by atoms with Gasteiger partial charge in [-0.25, -0.2) is 0 Å². The number of nitrogens with one attached hydrogen (secondary N) is 1. The van der Waals surface area contributed by atoms with Gasteiger partial charge in [0.05, 0.1) is 0 Å². The van der Waals surface area contributed by atoms with E-state index in [0.717, 1.165) is 35.8 Å². The molecule has 0 radical (unpaired) electrons. The Labute approximate surface area is 114 Å². The Morgan fingerprint density at radius 2 is 2.44 bits per heavy atom. The van der Waals surface area contributed by atoms with Gasteiger partial charge in [0.25, 0.3) is 0 Å². The smallest absolute Gasteiger partial charge is 0.122 e. The van der Waals surface area contributed by atoms with E-state index in [4.69, 9.17) is 16.3 Å². The first-order valence-corrected chi connectivity index (χ1v) is 6.83. The lowest BCUT2D eigenvalue weighted by Gasteiger charge is -2.24. The van der Waals surface area contributed by atoms with Crippen LogP contribution in [0.2, 0.25) is 5.02 Å². The number of rotatable bonds is 5. The molecule has 0 aromatic heterocycles. The van der Waals surface area contributed by atoms with Crippen molar-refractivity contribution in [3.8, 4) is 5.75 Å². The first kappa shape index (κ1) is 13.4. The number of hydrogen-bond acceptors (Lipinski definition) is 2. The van der Waals surface area contributed by atoms with Gasteiger partial charge in [-0.3, -0.25) is 0 Å². The van der Waals surface area contributed by atoms with Crippen molar-refractivity contribution in [2.75, 3.05) is 13.1 Å². The highest BCUT2D eigenvalue weighted by Crippen LogP contribution is 2.27. The van der Waals surface area contributed by atoms with Crippen LogP contribution in [0.25, 0.3) is 0 Å². The summed E-state index contributed by atoms with van der Waals surface area (Å²) in [5.41, 5.74) is 1.09. The molecule has 1 aliphatic heterocycles. The van der Waals surface area contributed by atoms with Crippen LogP contribution in [0.15, 0.2) is 30.9 Å². The molecule has 1 aromatic rings. The number of aryl methyl sites for hydroxylation is 1. The molecular weight excluding hydrogens is 246 g/mol. The number of benzene rings is 1. The molecule has 1 N–H and O–H groups in total. The molecule has 1 fully saturated rings. The van der Waals surface area contributed by atoms with Crippen LogP contribution in [-0.2, 0) is 0 Å². The van der Waals surface area contributed by atoms with Gasteiger partial charge >= 0.3 is 0 Å². The maximum Gasteiger partial charge on any atom is 0.122 e. The van der Waals surface area contributed by atoms with Gasteiger partial charge in [0.2, 0.25) is 0 Å². The molecule has 0 aliphatic carbocycles. The van der Waals surface area contributed by atoms with Crippen molar-refractivity contribution in [1.29, 1.82) is 0 Å². The van der Waals surface area contributed by atoms with Gasteiger partial charge < -0.3 is 10.1 Å². The Kier molecular flexibility index (Phi) is 4.67. The van der Waals surface area contributed by atoms with Crippen molar-refractivity contribution in [2.45, 2.75) is 25.9 Å². The summed E-state index contributed by atoms with van der Waals surface area (Å²) in [6.07, 6.45) is 4.20. The molecule has 0 unspecified atom stereocenters. The fraction of sp³-hybridized carbons (Fsp3) is 0.467. The third-order valence-electron chi connectivity index (χ3n) is 3.44. The van der Waals surface area contributed by atoms with Crippen molar-refractivity contribution >= 4 is 11.6 Å². The standard InChI is InChI=1S/C15H20ClNO/c1-3-4-15(12-7-8-17-10-12)18-14-6-5-13(16)9-11(14)2/h3,5-6,9,12,15,17H,1,4,7-8,10H2,2H3/t12-,15+/m0/s1. The number of hydrogen-bond donors (Lipinski definition) is 1. The van der Waals surface area contributed by atoms with Crippen molar-refractivity contribution < 1.29 is 4.74 Å². The van der Waals surface area contributed by atoms with Crippen molar-refractivity contribution in [3.63, 3.8) is 0 Å². The molecule has 2 rings (SSSR count). The normalized spacial score (nSPS) is 20.7. The van der Waals surface area contributed by atoms with Crippen molar-refractivity contribution in [3.05, 3.63) is 41.4 Å². The Morgan fingerprint density at radius 3 is 3.06 bits per heavy atom. The third-order valence-corrected chi connectivity index (χ3v) is 3.67. The quantitative estimate of drug-likeness (QED) is 0.822. The molecule has 1 aromatic carbocycles. The summed E-state index contributed by atoms with van der Waals surface area (Å²) in [6.45, 7) is 7.97. The highest BCUT2D eigenvalue weighted by Gasteiger charge is 2.25. The third kappa shape index (κ3) is 3.27. The summed E-state index contributed by atoms with van der Waals surface area (Å²) in [5.74, 6) is 1.50. The second-order valence-electron chi connectivity index (χ2n) is 4.84. The molecular formula is C15H20ClNO. The summed E-state index contributed by atoms with van der Waals surface area (Å²) in [6, 6.07) is 5.77. The highest BCUT2D eigenvalue weighted by atomic mass is 35.5. The molecule has 0 bridgehead atoms. The van der Waals surface area contributed by atoms with Gasteiger partial charge in [-0.2, -0.15) is 0 Å². The van der Waals surface area contributed by atoms with Gasteiger partial charge in [0.1, 0.15) is 11.9 Å². The maximum absolute atomic E-state index is 6.15. The van der Waals surface area contributed by atoms with E-state index in [1.54, 1.807) is 0 Å². The van der Waals surface area contributed by atoms with E-state index < -0.39 is 0 Å². The molecule has 2 atom stereocenters. The van der Waals surface area contributed by atoms with E-state index in [1.165, 1.54) is 6.42 Å². The minimum Gasteiger partial charge on any atom is -0.489 e. The zero-order valence-electron chi connectivity index (χ0n) is 10.8. The monoisotopic (exact) mass is 265 g/mol. The van der Waals surface area contributed by atoms with E-state index in [0.29, 0.717) is 5.92 Å². The second-order valence-corrected chi connectivity index (χ2v) is 5.28. The Bertz CT molecular complexity index is 413. The molecule has 2 nitrogen and oxygen atoms in total. The summed E-state index contributed by atoms with van der Waals surface area (Å²) in [5, 5.41) is 4.14. The molecule has 0 saturated carbocycles. The fourth-order valence-electron chi connectivity index (χ4n) is 2.40. The van der Waals surface area contributed by atoms with E-state index in [9.17, 15) is 0 Å². The first-order chi connectivity index (χ1) is 8.70. The largest absolute Gasteiger partial charge is 0.489 e. The minimum atomic E-state index is 0.206. The van der Waals surface area contributed by atoms with Crippen molar-refractivity contribution in [1.82, 2.24) is 5.32 Å². The molecule has 98 valence electrons.